The van der Waals surface area contributed by atoms with E-state index in [4.69, 9.17) is 16.3 Å². The van der Waals surface area contributed by atoms with Crippen LogP contribution in [0.15, 0.2) is 23.1 Å². The van der Waals surface area contributed by atoms with Crippen molar-refractivity contribution in [3.63, 3.8) is 0 Å². The topological polar surface area (TPSA) is 55.4 Å². The summed E-state index contributed by atoms with van der Waals surface area (Å²) in [6, 6.07) is 4.83. The molecule has 0 spiro atoms. The number of fused-ring (bicyclic) bond motifs is 1. The van der Waals surface area contributed by atoms with Gasteiger partial charge in [0.05, 0.1) is 5.02 Å². The van der Waals surface area contributed by atoms with E-state index in [0.29, 0.717) is 5.75 Å². The summed E-state index contributed by atoms with van der Waals surface area (Å²) in [4.78, 5) is 0.0348. The first kappa shape index (κ1) is 11.7. The Balaban J connectivity index is 2.58. The van der Waals surface area contributed by atoms with Crippen molar-refractivity contribution in [2.24, 2.45) is 0 Å². The zero-order chi connectivity index (χ0) is 11.8. The second-order valence-corrected chi connectivity index (χ2v) is 5.68. The molecule has 1 aromatic carbocycles. The molecule has 0 saturated carbocycles. The third-order valence-corrected chi connectivity index (χ3v) is 4.38. The van der Waals surface area contributed by atoms with E-state index in [0.717, 1.165) is 6.42 Å². The van der Waals surface area contributed by atoms with Crippen LogP contribution in [0.2, 0.25) is 5.02 Å². The monoisotopic (exact) mass is 261 g/mol. The highest BCUT2D eigenvalue weighted by atomic mass is 35.5. The van der Waals surface area contributed by atoms with Crippen LogP contribution in [0.25, 0.3) is 0 Å². The first-order valence-corrected chi connectivity index (χ1v) is 6.85. The van der Waals surface area contributed by atoms with E-state index in [2.05, 4.69) is 4.72 Å². The summed E-state index contributed by atoms with van der Waals surface area (Å²) in [5.41, 5.74) is 0. The van der Waals surface area contributed by atoms with Crippen molar-refractivity contribution in [3.05, 3.63) is 23.2 Å². The SMILES string of the molecule is CC[C@@H]1CNS(=O)(=O)c2c(Cl)cccc2O1. The molecule has 1 aromatic rings. The number of hydrogen-bond donors (Lipinski definition) is 1. The van der Waals surface area contributed by atoms with Gasteiger partial charge in [0.25, 0.3) is 0 Å². The van der Waals surface area contributed by atoms with Crippen LogP contribution in [0.4, 0.5) is 0 Å². The Hall–Kier alpha value is -0.780. The van der Waals surface area contributed by atoms with Crippen LogP contribution in [-0.2, 0) is 10.0 Å². The van der Waals surface area contributed by atoms with Crippen molar-refractivity contribution in [3.8, 4) is 5.75 Å². The molecular formula is C10H12ClNO3S. The van der Waals surface area contributed by atoms with E-state index in [1.807, 2.05) is 6.92 Å². The molecule has 4 nitrogen and oxygen atoms in total. The number of sulfonamides is 1. The maximum Gasteiger partial charge on any atom is 0.245 e. The Labute approximate surface area is 99.6 Å². The predicted molar refractivity (Wildman–Crippen MR) is 61.3 cm³/mol. The van der Waals surface area contributed by atoms with Gasteiger partial charge in [0.2, 0.25) is 10.0 Å². The van der Waals surface area contributed by atoms with Gasteiger partial charge >= 0.3 is 0 Å². The molecule has 0 aliphatic carbocycles. The van der Waals surface area contributed by atoms with Crippen molar-refractivity contribution in [1.29, 1.82) is 0 Å². The van der Waals surface area contributed by atoms with E-state index in [1.165, 1.54) is 6.07 Å². The zero-order valence-electron chi connectivity index (χ0n) is 8.73. The Morgan fingerprint density at radius 1 is 1.56 bits per heavy atom. The van der Waals surface area contributed by atoms with Gasteiger partial charge in [-0.1, -0.05) is 24.6 Å². The number of halogens is 1. The lowest BCUT2D eigenvalue weighted by molar-refractivity contribution is 0.200. The Kier molecular flexibility index (Phi) is 3.10. The number of benzene rings is 1. The van der Waals surface area contributed by atoms with Crippen LogP contribution in [0.3, 0.4) is 0 Å². The van der Waals surface area contributed by atoms with Crippen molar-refractivity contribution in [2.75, 3.05) is 6.54 Å². The predicted octanol–water partition coefficient (Wildman–Crippen LogP) is 1.79. The van der Waals surface area contributed by atoms with Gasteiger partial charge in [-0.25, -0.2) is 13.1 Å². The lowest BCUT2D eigenvalue weighted by atomic mass is 10.2. The average molecular weight is 262 g/mol. The lowest BCUT2D eigenvalue weighted by Crippen LogP contribution is -2.31. The molecule has 0 amide bonds. The maximum atomic E-state index is 11.9. The molecule has 1 aliphatic rings. The molecule has 0 bridgehead atoms. The third kappa shape index (κ3) is 2.03. The standard InChI is InChI=1S/C10H12ClNO3S/c1-2-7-6-12-16(13,14)10-8(11)4-3-5-9(10)15-7/h3-5,7,12H,2,6H2,1H3/t7-/m1/s1. The van der Waals surface area contributed by atoms with Crippen molar-refractivity contribution in [2.45, 2.75) is 24.3 Å². The number of hydrogen-bond acceptors (Lipinski definition) is 3. The molecule has 2 rings (SSSR count). The van der Waals surface area contributed by atoms with Gasteiger partial charge < -0.3 is 4.74 Å². The summed E-state index contributed by atoms with van der Waals surface area (Å²) in [5.74, 6) is 0.323. The van der Waals surface area contributed by atoms with Crippen LogP contribution in [0.5, 0.6) is 5.75 Å². The van der Waals surface area contributed by atoms with Crippen LogP contribution < -0.4 is 9.46 Å². The normalized spacial score (nSPS) is 23.0. The minimum absolute atomic E-state index is 0.0348. The fraction of sp³-hybridized carbons (Fsp3) is 0.400. The molecule has 0 fully saturated rings. The Morgan fingerprint density at radius 2 is 2.31 bits per heavy atom. The van der Waals surface area contributed by atoms with Crippen molar-refractivity contribution < 1.29 is 13.2 Å². The zero-order valence-corrected chi connectivity index (χ0v) is 10.3. The van der Waals surface area contributed by atoms with E-state index < -0.39 is 10.0 Å². The average Bonchev–Trinajstić information content (AvgIpc) is 2.36. The van der Waals surface area contributed by atoms with Crippen molar-refractivity contribution >= 4 is 21.6 Å². The van der Waals surface area contributed by atoms with Crippen LogP contribution in [0, 0.1) is 0 Å². The van der Waals surface area contributed by atoms with Gasteiger partial charge in [-0.05, 0) is 18.6 Å². The summed E-state index contributed by atoms with van der Waals surface area (Å²) >= 11 is 5.89. The van der Waals surface area contributed by atoms with Crippen LogP contribution >= 0.6 is 11.6 Å². The minimum Gasteiger partial charge on any atom is -0.488 e. The van der Waals surface area contributed by atoms with Crippen LogP contribution in [0.1, 0.15) is 13.3 Å². The highest BCUT2D eigenvalue weighted by Gasteiger charge is 2.28. The quantitative estimate of drug-likeness (QED) is 0.839. The molecule has 88 valence electrons. The molecule has 1 N–H and O–H groups in total. The van der Waals surface area contributed by atoms with Gasteiger partial charge in [0.15, 0.2) is 0 Å². The first-order valence-electron chi connectivity index (χ1n) is 4.99. The van der Waals surface area contributed by atoms with E-state index >= 15 is 0 Å². The summed E-state index contributed by atoms with van der Waals surface area (Å²) in [6.07, 6.45) is 0.573. The van der Waals surface area contributed by atoms with Gasteiger partial charge in [-0.3, -0.25) is 0 Å². The largest absolute Gasteiger partial charge is 0.488 e. The highest BCUT2D eigenvalue weighted by molar-refractivity contribution is 7.89. The lowest BCUT2D eigenvalue weighted by Gasteiger charge is -2.13. The van der Waals surface area contributed by atoms with Crippen LogP contribution in [-0.4, -0.2) is 21.1 Å². The third-order valence-electron chi connectivity index (χ3n) is 2.45. The Morgan fingerprint density at radius 3 is 3.00 bits per heavy atom. The molecule has 1 aliphatic heterocycles. The van der Waals surface area contributed by atoms with E-state index in [-0.39, 0.29) is 22.6 Å². The van der Waals surface area contributed by atoms with E-state index in [9.17, 15) is 8.42 Å². The van der Waals surface area contributed by atoms with Crippen molar-refractivity contribution in [1.82, 2.24) is 4.72 Å². The maximum absolute atomic E-state index is 11.9. The number of nitrogens with one attached hydrogen (secondary N) is 1. The summed E-state index contributed by atoms with van der Waals surface area (Å²) < 4.78 is 31.9. The molecule has 1 atom stereocenters. The van der Waals surface area contributed by atoms with Gasteiger partial charge in [0.1, 0.15) is 16.7 Å². The minimum atomic E-state index is -3.56. The van der Waals surface area contributed by atoms with Gasteiger partial charge in [-0.2, -0.15) is 0 Å². The Bertz CT molecular complexity index is 501. The second kappa shape index (κ2) is 4.24. The molecule has 0 saturated heterocycles. The fourth-order valence-electron chi connectivity index (χ4n) is 1.57. The summed E-state index contributed by atoms with van der Waals surface area (Å²) in [7, 11) is -3.56. The van der Waals surface area contributed by atoms with E-state index in [1.54, 1.807) is 12.1 Å². The number of ether oxygens (including phenoxy) is 1. The molecule has 6 heteroatoms. The summed E-state index contributed by atoms with van der Waals surface area (Å²) in [5, 5.41) is 0.182. The molecule has 0 radical (unpaired) electrons. The highest BCUT2D eigenvalue weighted by Crippen LogP contribution is 2.33. The number of rotatable bonds is 1. The first-order chi connectivity index (χ1) is 7.54. The molecule has 16 heavy (non-hydrogen) atoms. The van der Waals surface area contributed by atoms with Gasteiger partial charge in [-0.15, -0.1) is 0 Å². The molecule has 1 heterocycles. The molecule has 0 unspecified atom stereocenters. The second-order valence-electron chi connectivity index (χ2n) is 3.57. The molecular weight excluding hydrogens is 250 g/mol. The van der Waals surface area contributed by atoms with Gasteiger partial charge in [0, 0.05) is 6.54 Å². The molecule has 0 aromatic heterocycles. The fourth-order valence-corrected chi connectivity index (χ4v) is 3.29. The smallest absolute Gasteiger partial charge is 0.245 e. The summed E-state index contributed by atoms with van der Waals surface area (Å²) in [6.45, 7) is 2.21.